The molecule has 0 bridgehead atoms. The molecule has 7 heteroatoms. The van der Waals surface area contributed by atoms with Crippen LogP contribution in [0.25, 0.3) is 11.3 Å². The Bertz CT molecular complexity index is 1060. The summed E-state index contributed by atoms with van der Waals surface area (Å²) >= 11 is 12.3. The molecular weight excluding hydrogens is 441 g/mol. The molecule has 2 aromatic carbocycles. The first kappa shape index (κ1) is 22.7. The highest BCUT2D eigenvalue weighted by Crippen LogP contribution is 2.30. The van der Waals surface area contributed by atoms with Crippen molar-refractivity contribution in [2.45, 2.75) is 45.7 Å². The van der Waals surface area contributed by atoms with E-state index in [-0.39, 0.29) is 24.9 Å². The van der Waals surface area contributed by atoms with Crippen LogP contribution in [-0.2, 0) is 24.3 Å². The van der Waals surface area contributed by atoms with Crippen LogP contribution in [0, 0.1) is 0 Å². The molecule has 0 saturated heterocycles. The van der Waals surface area contributed by atoms with Gasteiger partial charge in [0.15, 0.2) is 12.2 Å². The zero-order valence-electron chi connectivity index (χ0n) is 17.0. The summed E-state index contributed by atoms with van der Waals surface area (Å²) in [4.78, 5) is 12.7. The van der Waals surface area contributed by atoms with Crippen molar-refractivity contribution in [3.8, 4) is 11.3 Å². The molecule has 1 amide bonds. The summed E-state index contributed by atoms with van der Waals surface area (Å²) in [6.45, 7) is 5.53. The number of fused-ring (bicyclic) bond motifs is 1. The lowest BCUT2D eigenvalue weighted by atomic mass is 10.0. The van der Waals surface area contributed by atoms with Gasteiger partial charge in [0, 0.05) is 11.3 Å². The van der Waals surface area contributed by atoms with E-state index in [1.807, 2.05) is 41.1 Å². The zero-order valence-corrected chi connectivity index (χ0v) is 19.2. The topological polar surface area (TPSA) is 37.9 Å². The number of halogens is 3. The van der Waals surface area contributed by atoms with Crippen molar-refractivity contribution >= 4 is 34.8 Å². The largest absolute Gasteiger partial charge is 1.00 e. The van der Waals surface area contributed by atoms with E-state index in [9.17, 15) is 4.79 Å². The van der Waals surface area contributed by atoms with Crippen LogP contribution in [0.15, 0.2) is 48.7 Å². The summed E-state index contributed by atoms with van der Waals surface area (Å²) in [7, 11) is 0. The molecule has 0 aliphatic carbocycles. The summed E-state index contributed by atoms with van der Waals surface area (Å²) in [5.74, 6) is 1.60. The third-order valence-corrected chi connectivity index (χ3v) is 6.12. The predicted molar refractivity (Wildman–Crippen MR) is 118 cm³/mol. The highest BCUT2D eigenvalue weighted by Gasteiger charge is 2.29. The van der Waals surface area contributed by atoms with Gasteiger partial charge in [-0.15, -0.1) is 0 Å². The minimum Gasteiger partial charge on any atom is -1.00 e. The van der Waals surface area contributed by atoms with Crippen LogP contribution in [0.2, 0.25) is 10.0 Å². The molecular formula is C23H24Cl3N3O. The highest BCUT2D eigenvalue weighted by molar-refractivity contribution is 6.42. The fourth-order valence-corrected chi connectivity index (χ4v) is 4.14. The lowest BCUT2D eigenvalue weighted by molar-refractivity contribution is -0.690. The number of carbonyl (C=O) groups excluding carboxylic acids is 1. The van der Waals surface area contributed by atoms with E-state index in [0.29, 0.717) is 16.0 Å². The summed E-state index contributed by atoms with van der Waals surface area (Å²) in [5, 5.41) is 4.08. The Kier molecular flexibility index (Phi) is 7.12. The third-order valence-electron chi connectivity index (χ3n) is 5.38. The third kappa shape index (κ3) is 4.66. The molecule has 1 N–H and O–H groups in total. The molecule has 0 fully saturated rings. The number of nitrogens with zero attached hydrogens (tertiary/aromatic N) is 2. The molecule has 0 unspecified atom stereocenters. The van der Waals surface area contributed by atoms with E-state index in [1.165, 1.54) is 5.56 Å². The van der Waals surface area contributed by atoms with Crippen molar-refractivity contribution in [1.82, 2.24) is 4.57 Å². The van der Waals surface area contributed by atoms with Crippen LogP contribution in [0.1, 0.15) is 37.6 Å². The zero-order chi connectivity index (χ0) is 20.5. The van der Waals surface area contributed by atoms with Crippen molar-refractivity contribution < 1.29 is 21.8 Å². The van der Waals surface area contributed by atoms with E-state index in [0.717, 1.165) is 42.2 Å². The minimum absolute atomic E-state index is 0. The predicted octanol–water partition coefficient (Wildman–Crippen LogP) is 2.46. The van der Waals surface area contributed by atoms with Crippen LogP contribution < -0.4 is 22.3 Å². The summed E-state index contributed by atoms with van der Waals surface area (Å²) in [5.41, 5.74) is 4.14. The van der Waals surface area contributed by atoms with Gasteiger partial charge in [-0.05, 0) is 48.2 Å². The van der Waals surface area contributed by atoms with Crippen molar-refractivity contribution in [1.29, 1.82) is 0 Å². The summed E-state index contributed by atoms with van der Waals surface area (Å²) in [6.07, 6.45) is 4.07. The number of nitrogens with one attached hydrogen (secondary N) is 1. The second-order valence-electron chi connectivity index (χ2n) is 7.77. The van der Waals surface area contributed by atoms with Gasteiger partial charge in [0.1, 0.15) is 6.20 Å². The van der Waals surface area contributed by atoms with Gasteiger partial charge in [-0.3, -0.25) is 4.79 Å². The number of benzene rings is 2. The maximum absolute atomic E-state index is 12.7. The molecule has 4 rings (SSSR count). The second-order valence-corrected chi connectivity index (χ2v) is 8.58. The average molecular weight is 465 g/mol. The molecule has 0 spiro atoms. The Labute approximate surface area is 193 Å². The normalized spacial score (nSPS) is 12.6. The monoisotopic (exact) mass is 463 g/mol. The first-order chi connectivity index (χ1) is 13.9. The SMILES string of the molecule is CC(C)c1ccc(NC(=O)C[n+]2cc(-c3ccc(Cl)c(Cl)c3)n3c2CCC3)cc1.[Cl-]. The molecule has 4 nitrogen and oxygen atoms in total. The first-order valence-electron chi connectivity index (χ1n) is 9.89. The van der Waals surface area contributed by atoms with Gasteiger partial charge in [0.2, 0.25) is 0 Å². The van der Waals surface area contributed by atoms with E-state index >= 15 is 0 Å². The number of anilines is 1. The smallest absolute Gasteiger partial charge is 0.266 e. The molecule has 1 aliphatic heterocycles. The number of carbonyl (C=O) groups is 1. The van der Waals surface area contributed by atoms with Crippen LogP contribution in [0.3, 0.4) is 0 Å². The quantitative estimate of drug-likeness (QED) is 0.579. The van der Waals surface area contributed by atoms with Gasteiger partial charge in [0.05, 0.1) is 23.0 Å². The van der Waals surface area contributed by atoms with Crippen molar-refractivity contribution in [3.63, 3.8) is 0 Å². The Morgan fingerprint density at radius 3 is 2.53 bits per heavy atom. The fraction of sp³-hybridized carbons (Fsp3) is 0.304. The first-order valence-corrected chi connectivity index (χ1v) is 10.6. The fourth-order valence-electron chi connectivity index (χ4n) is 3.84. The van der Waals surface area contributed by atoms with Gasteiger partial charge in [0.25, 0.3) is 11.7 Å². The number of rotatable bonds is 5. The number of aromatic nitrogens is 2. The van der Waals surface area contributed by atoms with Crippen LogP contribution in [0.4, 0.5) is 5.69 Å². The van der Waals surface area contributed by atoms with Gasteiger partial charge in [-0.2, -0.15) is 0 Å². The molecule has 0 radical (unpaired) electrons. The van der Waals surface area contributed by atoms with E-state index in [2.05, 4.69) is 35.9 Å². The second kappa shape index (κ2) is 9.42. The lowest BCUT2D eigenvalue weighted by Crippen LogP contribution is -3.00. The molecule has 3 aromatic rings. The number of imidazole rings is 1. The Morgan fingerprint density at radius 1 is 1.13 bits per heavy atom. The van der Waals surface area contributed by atoms with Gasteiger partial charge in [-0.25, -0.2) is 9.13 Å². The highest BCUT2D eigenvalue weighted by atomic mass is 35.5. The molecule has 2 heterocycles. The van der Waals surface area contributed by atoms with Crippen molar-refractivity contribution in [3.05, 3.63) is 70.1 Å². The van der Waals surface area contributed by atoms with Gasteiger partial charge < -0.3 is 17.7 Å². The maximum atomic E-state index is 12.7. The van der Waals surface area contributed by atoms with E-state index in [4.69, 9.17) is 23.2 Å². The lowest BCUT2D eigenvalue weighted by Gasteiger charge is -2.08. The van der Waals surface area contributed by atoms with Crippen molar-refractivity contribution in [2.24, 2.45) is 0 Å². The standard InChI is InChI=1S/C23H23Cl2N3O.ClH/c1-15(2)16-5-8-18(9-6-16)26-22(29)14-27-13-21(28-11-3-4-23(27)28)17-7-10-19(24)20(25)12-17;/h5-10,12-13,15H,3-4,11,14H2,1-2H3;1H. The summed E-state index contributed by atoms with van der Waals surface area (Å²) < 4.78 is 4.31. The maximum Gasteiger partial charge on any atom is 0.266 e. The van der Waals surface area contributed by atoms with Gasteiger partial charge in [-0.1, -0.05) is 49.2 Å². The molecule has 1 aromatic heterocycles. The Morgan fingerprint density at radius 2 is 1.87 bits per heavy atom. The van der Waals surface area contributed by atoms with Crippen molar-refractivity contribution in [2.75, 3.05) is 5.32 Å². The molecule has 0 saturated carbocycles. The Balaban J connectivity index is 0.00000256. The number of hydrogen-bond acceptors (Lipinski definition) is 1. The average Bonchev–Trinajstić information content (AvgIpc) is 3.28. The minimum atomic E-state index is -0.0340. The van der Waals surface area contributed by atoms with Crippen LogP contribution in [-0.4, -0.2) is 10.5 Å². The number of hydrogen-bond donors (Lipinski definition) is 1. The molecule has 0 atom stereocenters. The molecule has 158 valence electrons. The molecule has 1 aliphatic rings. The van der Waals surface area contributed by atoms with Gasteiger partial charge >= 0.3 is 0 Å². The summed E-state index contributed by atoms with van der Waals surface area (Å²) in [6, 6.07) is 13.7. The van der Waals surface area contributed by atoms with Crippen LogP contribution >= 0.6 is 23.2 Å². The molecule has 30 heavy (non-hydrogen) atoms. The number of amides is 1. The Hall–Kier alpha value is -2.01. The van der Waals surface area contributed by atoms with E-state index in [1.54, 1.807) is 0 Å². The van der Waals surface area contributed by atoms with Crippen LogP contribution in [0.5, 0.6) is 0 Å². The van der Waals surface area contributed by atoms with E-state index < -0.39 is 0 Å².